The molecule has 7 heteroatoms. The van der Waals surface area contributed by atoms with Gasteiger partial charge < -0.3 is 14.2 Å². The Kier molecular flexibility index (Phi) is 6.41. The van der Waals surface area contributed by atoms with Gasteiger partial charge in [0.2, 0.25) is 0 Å². The predicted molar refractivity (Wildman–Crippen MR) is 129 cm³/mol. The van der Waals surface area contributed by atoms with Gasteiger partial charge in [-0.25, -0.2) is 0 Å². The SMILES string of the molecule is COc1cc(C2C3=C(CCCC3=O)OC3=C2C(=O)CCC3)ccc1OCc1ccc(Cl)c(Cl)c1. The summed E-state index contributed by atoms with van der Waals surface area (Å²) in [6.07, 6.45) is 3.90. The summed E-state index contributed by atoms with van der Waals surface area (Å²) in [6, 6.07) is 10.9. The lowest BCUT2D eigenvalue weighted by Crippen LogP contribution is -2.30. The number of carbonyl (C=O) groups excluding carboxylic acids is 2. The van der Waals surface area contributed by atoms with Crippen LogP contribution in [0.4, 0.5) is 0 Å². The lowest BCUT2D eigenvalue weighted by Gasteiger charge is -2.36. The second-order valence-electron chi connectivity index (χ2n) is 8.71. The molecule has 176 valence electrons. The van der Waals surface area contributed by atoms with Crippen LogP contribution in [0.1, 0.15) is 55.6 Å². The second kappa shape index (κ2) is 9.47. The molecule has 0 bridgehead atoms. The highest BCUT2D eigenvalue weighted by Crippen LogP contribution is 2.48. The first kappa shape index (κ1) is 23.0. The molecule has 0 fully saturated rings. The standard InChI is InChI=1S/C27H24Cl2O5/c1-32-24-13-16(9-11-21(24)33-14-15-8-10-17(28)18(29)12-15)25-26-19(30)4-2-6-22(26)34-23-7-3-5-20(31)27(23)25/h8-13,25H,2-7,14H2,1H3. The Morgan fingerprint density at radius 3 is 2.15 bits per heavy atom. The monoisotopic (exact) mass is 498 g/mol. The maximum atomic E-state index is 13.0. The van der Waals surface area contributed by atoms with Crippen LogP contribution in [0.3, 0.4) is 0 Å². The van der Waals surface area contributed by atoms with Gasteiger partial charge in [-0.1, -0.05) is 35.3 Å². The summed E-state index contributed by atoms with van der Waals surface area (Å²) >= 11 is 12.1. The maximum Gasteiger partial charge on any atom is 0.163 e. The van der Waals surface area contributed by atoms with Gasteiger partial charge in [-0.2, -0.15) is 0 Å². The van der Waals surface area contributed by atoms with Gasteiger partial charge in [-0.15, -0.1) is 0 Å². The molecule has 0 spiro atoms. The second-order valence-corrected chi connectivity index (χ2v) is 9.52. The van der Waals surface area contributed by atoms with Crippen LogP contribution in [0.5, 0.6) is 11.5 Å². The molecule has 2 aliphatic carbocycles. The van der Waals surface area contributed by atoms with Gasteiger partial charge >= 0.3 is 0 Å². The Labute approximate surface area is 208 Å². The summed E-state index contributed by atoms with van der Waals surface area (Å²) in [5.74, 6) is 2.18. The molecule has 0 saturated carbocycles. The quantitative estimate of drug-likeness (QED) is 0.458. The first-order chi connectivity index (χ1) is 16.5. The molecule has 2 aromatic rings. The highest BCUT2D eigenvalue weighted by molar-refractivity contribution is 6.42. The van der Waals surface area contributed by atoms with Crippen molar-refractivity contribution < 1.29 is 23.8 Å². The molecule has 0 unspecified atom stereocenters. The fourth-order valence-electron chi connectivity index (χ4n) is 4.92. The molecule has 0 radical (unpaired) electrons. The van der Waals surface area contributed by atoms with Crippen molar-refractivity contribution in [3.05, 3.63) is 80.2 Å². The number of allylic oxidation sites excluding steroid dienone is 4. The van der Waals surface area contributed by atoms with Crippen molar-refractivity contribution in [2.45, 2.75) is 51.0 Å². The summed E-state index contributed by atoms with van der Waals surface area (Å²) in [6.45, 7) is 0.283. The van der Waals surface area contributed by atoms with Crippen LogP contribution in [0.25, 0.3) is 0 Å². The maximum absolute atomic E-state index is 13.0. The van der Waals surface area contributed by atoms with Crippen molar-refractivity contribution in [3.63, 3.8) is 0 Å². The van der Waals surface area contributed by atoms with E-state index in [9.17, 15) is 9.59 Å². The first-order valence-corrected chi connectivity index (χ1v) is 12.2. The number of benzene rings is 2. The summed E-state index contributed by atoms with van der Waals surface area (Å²) in [4.78, 5) is 26.0. The molecule has 2 aromatic carbocycles. The zero-order chi connectivity index (χ0) is 23.8. The molecule has 0 atom stereocenters. The van der Waals surface area contributed by atoms with Gasteiger partial charge in [0, 0.05) is 42.7 Å². The Morgan fingerprint density at radius 2 is 1.53 bits per heavy atom. The topological polar surface area (TPSA) is 61.8 Å². The van der Waals surface area contributed by atoms with Crippen molar-refractivity contribution in [2.75, 3.05) is 7.11 Å². The molecule has 3 aliphatic rings. The summed E-state index contributed by atoms with van der Waals surface area (Å²) in [5.41, 5.74) is 2.93. The third-order valence-corrected chi connectivity index (χ3v) is 7.28. The van der Waals surface area contributed by atoms with Crippen LogP contribution in [0.2, 0.25) is 10.0 Å². The summed E-state index contributed by atoms with van der Waals surface area (Å²) in [7, 11) is 1.57. The minimum absolute atomic E-state index is 0.0510. The molecular formula is C27H24Cl2O5. The molecule has 5 nitrogen and oxygen atoms in total. The van der Waals surface area contributed by atoms with Crippen LogP contribution in [-0.2, 0) is 20.9 Å². The zero-order valence-electron chi connectivity index (χ0n) is 18.8. The first-order valence-electron chi connectivity index (χ1n) is 11.4. The Hall–Kier alpha value is -2.76. The van der Waals surface area contributed by atoms with Crippen LogP contribution in [0.15, 0.2) is 59.1 Å². The fraction of sp³-hybridized carbons (Fsp3) is 0.333. The number of hydrogen-bond acceptors (Lipinski definition) is 5. The smallest absolute Gasteiger partial charge is 0.163 e. The van der Waals surface area contributed by atoms with E-state index in [1.807, 2.05) is 24.3 Å². The number of ether oxygens (including phenoxy) is 3. The molecular weight excluding hydrogens is 475 g/mol. The number of ketones is 2. The number of Topliss-reactive ketones (excluding diaryl/α,β-unsaturated/α-hetero) is 2. The summed E-state index contributed by atoms with van der Waals surface area (Å²) in [5, 5.41) is 0.952. The van der Waals surface area contributed by atoms with Crippen LogP contribution in [-0.4, -0.2) is 18.7 Å². The largest absolute Gasteiger partial charge is 0.493 e. The van der Waals surface area contributed by atoms with Gasteiger partial charge in [-0.05, 0) is 48.2 Å². The zero-order valence-corrected chi connectivity index (χ0v) is 20.3. The van der Waals surface area contributed by atoms with E-state index in [0.29, 0.717) is 69.9 Å². The number of carbonyl (C=O) groups is 2. The van der Waals surface area contributed by atoms with Gasteiger partial charge in [0.15, 0.2) is 23.1 Å². The van der Waals surface area contributed by atoms with E-state index in [2.05, 4.69) is 0 Å². The van der Waals surface area contributed by atoms with Crippen molar-refractivity contribution in [3.8, 4) is 11.5 Å². The van der Waals surface area contributed by atoms with E-state index in [1.54, 1.807) is 19.2 Å². The Morgan fingerprint density at radius 1 is 0.853 bits per heavy atom. The minimum Gasteiger partial charge on any atom is -0.493 e. The van der Waals surface area contributed by atoms with Gasteiger partial charge in [0.05, 0.1) is 17.2 Å². The average Bonchev–Trinajstić information content (AvgIpc) is 2.84. The molecule has 34 heavy (non-hydrogen) atoms. The number of rotatable bonds is 5. The molecule has 0 aromatic heterocycles. The number of hydrogen-bond donors (Lipinski definition) is 0. The lowest BCUT2D eigenvalue weighted by atomic mass is 9.73. The van der Waals surface area contributed by atoms with Crippen molar-refractivity contribution in [2.24, 2.45) is 0 Å². The van der Waals surface area contributed by atoms with E-state index in [1.165, 1.54) is 0 Å². The van der Waals surface area contributed by atoms with Crippen molar-refractivity contribution in [1.82, 2.24) is 0 Å². The molecule has 1 heterocycles. The third kappa shape index (κ3) is 4.23. The fourth-order valence-corrected chi connectivity index (χ4v) is 5.25. The average molecular weight is 499 g/mol. The van der Waals surface area contributed by atoms with E-state index in [0.717, 1.165) is 24.0 Å². The molecule has 5 rings (SSSR count). The predicted octanol–water partition coefficient (Wildman–Crippen LogP) is 6.71. The molecule has 0 N–H and O–H groups in total. The molecule has 1 aliphatic heterocycles. The molecule has 0 amide bonds. The van der Waals surface area contributed by atoms with Gasteiger partial charge in [0.1, 0.15) is 18.1 Å². The number of methoxy groups -OCH3 is 1. The third-order valence-electron chi connectivity index (χ3n) is 6.54. The van der Waals surface area contributed by atoms with Gasteiger partial charge in [-0.3, -0.25) is 9.59 Å². The van der Waals surface area contributed by atoms with Crippen LogP contribution < -0.4 is 9.47 Å². The van der Waals surface area contributed by atoms with Crippen molar-refractivity contribution >= 4 is 34.8 Å². The Bertz CT molecular complexity index is 1200. The van der Waals surface area contributed by atoms with Crippen molar-refractivity contribution in [1.29, 1.82) is 0 Å². The lowest BCUT2D eigenvalue weighted by molar-refractivity contribution is -0.117. The van der Waals surface area contributed by atoms with E-state index < -0.39 is 5.92 Å². The van der Waals surface area contributed by atoms with E-state index >= 15 is 0 Å². The number of halogens is 2. The van der Waals surface area contributed by atoms with E-state index in [-0.39, 0.29) is 18.2 Å². The van der Waals surface area contributed by atoms with E-state index in [4.69, 9.17) is 37.4 Å². The van der Waals surface area contributed by atoms with Crippen LogP contribution in [0, 0.1) is 0 Å². The Balaban J connectivity index is 1.50. The normalized spacial score (nSPS) is 18.4. The van der Waals surface area contributed by atoms with Gasteiger partial charge in [0.25, 0.3) is 0 Å². The highest BCUT2D eigenvalue weighted by atomic mass is 35.5. The summed E-state index contributed by atoms with van der Waals surface area (Å²) < 4.78 is 17.7. The highest BCUT2D eigenvalue weighted by Gasteiger charge is 2.41. The minimum atomic E-state index is -0.433. The van der Waals surface area contributed by atoms with Crippen LogP contribution >= 0.6 is 23.2 Å². The molecule has 0 saturated heterocycles.